The molecule has 0 atom stereocenters. The maximum absolute atomic E-state index is 10.2. The molecule has 5 nitrogen and oxygen atoms in total. The number of nitriles is 1. The molecule has 1 aromatic heterocycles. The molecular formula is C43H39N5. The summed E-state index contributed by atoms with van der Waals surface area (Å²) in [5.74, 6) is 1.77. The van der Waals surface area contributed by atoms with E-state index in [0.29, 0.717) is 23.0 Å². The zero-order valence-corrected chi connectivity index (χ0v) is 28.9. The fourth-order valence-corrected chi connectivity index (χ4v) is 7.21. The Bertz CT molecular complexity index is 2170. The lowest BCUT2D eigenvalue weighted by Crippen LogP contribution is -2.25. The molecule has 0 saturated heterocycles. The van der Waals surface area contributed by atoms with Crippen LogP contribution in [0, 0.1) is 66.7 Å². The van der Waals surface area contributed by atoms with Crippen molar-refractivity contribution >= 4 is 17.1 Å². The molecule has 0 saturated carbocycles. The predicted octanol–water partition coefficient (Wildman–Crippen LogP) is 10.6. The normalized spacial score (nSPS) is 12.0. The van der Waals surface area contributed by atoms with Crippen LogP contribution in [0.5, 0.6) is 0 Å². The molecule has 1 aliphatic heterocycles. The van der Waals surface area contributed by atoms with Gasteiger partial charge in [0.2, 0.25) is 0 Å². The van der Waals surface area contributed by atoms with Crippen LogP contribution in [0.4, 0.5) is 17.1 Å². The quantitative estimate of drug-likeness (QED) is 0.195. The number of hydrogen-bond acceptors (Lipinski definition) is 5. The minimum Gasteiger partial charge on any atom is -0.309 e. The highest BCUT2D eigenvalue weighted by Gasteiger charge is 2.34. The van der Waals surface area contributed by atoms with Crippen molar-refractivity contribution in [1.29, 1.82) is 5.26 Å². The summed E-state index contributed by atoms with van der Waals surface area (Å²) in [5.41, 5.74) is 19.5. The Labute approximate surface area is 283 Å². The molecule has 0 amide bonds. The Morgan fingerprint density at radius 2 is 0.958 bits per heavy atom. The number of hydrogen-bond donors (Lipinski definition) is 0. The summed E-state index contributed by atoms with van der Waals surface area (Å²) in [7, 11) is 0. The smallest absolute Gasteiger partial charge is 0.166 e. The first kappa shape index (κ1) is 31.0. The van der Waals surface area contributed by atoms with Crippen LogP contribution in [-0.2, 0) is 6.42 Å². The molecule has 236 valence electrons. The number of nitrogens with zero attached hydrogens (tertiary/aromatic N) is 5. The first-order chi connectivity index (χ1) is 23.1. The van der Waals surface area contributed by atoms with E-state index in [1.165, 1.54) is 67.0 Å². The summed E-state index contributed by atoms with van der Waals surface area (Å²) >= 11 is 0. The minimum atomic E-state index is 0.562. The van der Waals surface area contributed by atoms with Gasteiger partial charge in [0, 0.05) is 23.1 Å². The molecule has 0 aliphatic carbocycles. The van der Waals surface area contributed by atoms with Gasteiger partial charge in [0.25, 0.3) is 0 Å². The Morgan fingerprint density at radius 1 is 0.521 bits per heavy atom. The number of rotatable bonds is 4. The molecule has 1 aliphatic rings. The van der Waals surface area contributed by atoms with E-state index in [2.05, 4.69) is 66.4 Å². The summed E-state index contributed by atoms with van der Waals surface area (Å²) in [5, 5.41) is 10.2. The number of anilines is 3. The van der Waals surface area contributed by atoms with E-state index < -0.39 is 0 Å². The SMILES string of the molecule is Cc1c(C)c(C)c2c(c1C)Cc1c(C)c(C)c(C)c(C)c1N2c1cc(C#N)ccc1-c1nc(-c2ccccc2)nc(-c2ccccc2)n1. The maximum Gasteiger partial charge on any atom is 0.166 e. The summed E-state index contributed by atoms with van der Waals surface area (Å²) in [6.07, 6.45) is 0.859. The van der Waals surface area contributed by atoms with Crippen LogP contribution in [0.2, 0.25) is 0 Å². The molecule has 5 aromatic carbocycles. The van der Waals surface area contributed by atoms with Crippen LogP contribution in [0.1, 0.15) is 61.2 Å². The van der Waals surface area contributed by atoms with Crippen molar-refractivity contribution in [2.75, 3.05) is 4.90 Å². The van der Waals surface area contributed by atoms with Gasteiger partial charge >= 0.3 is 0 Å². The lowest BCUT2D eigenvalue weighted by molar-refractivity contribution is 0.994. The molecule has 0 radical (unpaired) electrons. The summed E-state index contributed by atoms with van der Waals surface area (Å²) in [6.45, 7) is 17.9. The molecule has 7 rings (SSSR count). The van der Waals surface area contributed by atoms with Crippen LogP contribution >= 0.6 is 0 Å². The average Bonchev–Trinajstić information content (AvgIpc) is 3.13. The molecule has 6 aromatic rings. The van der Waals surface area contributed by atoms with Crippen LogP contribution < -0.4 is 4.90 Å². The van der Waals surface area contributed by atoms with Crippen LogP contribution in [-0.4, -0.2) is 15.0 Å². The van der Waals surface area contributed by atoms with Crippen LogP contribution in [0.3, 0.4) is 0 Å². The Hall–Kier alpha value is -5.60. The largest absolute Gasteiger partial charge is 0.309 e. The number of fused-ring (bicyclic) bond motifs is 2. The van der Waals surface area contributed by atoms with E-state index in [0.717, 1.165) is 28.8 Å². The van der Waals surface area contributed by atoms with Gasteiger partial charge in [-0.05, 0) is 129 Å². The van der Waals surface area contributed by atoms with Gasteiger partial charge in [-0.3, -0.25) is 0 Å². The third-order valence-corrected chi connectivity index (χ3v) is 10.7. The van der Waals surface area contributed by atoms with E-state index >= 15 is 0 Å². The van der Waals surface area contributed by atoms with Crippen molar-refractivity contribution in [1.82, 2.24) is 15.0 Å². The van der Waals surface area contributed by atoms with Crippen molar-refractivity contribution in [3.05, 3.63) is 140 Å². The molecule has 0 spiro atoms. The van der Waals surface area contributed by atoms with E-state index in [1.54, 1.807) is 0 Å². The van der Waals surface area contributed by atoms with Gasteiger partial charge in [-0.2, -0.15) is 5.26 Å². The van der Waals surface area contributed by atoms with Crippen molar-refractivity contribution in [3.8, 4) is 40.2 Å². The van der Waals surface area contributed by atoms with Crippen molar-refractivity contribution in [3.63, 3.8) is 0 Å². The predicted molar refractivity (Wildman–Crippen MR) is 196 cm³/mol. The number of aromatic nitrogens is 3. The highest BCUT2D eigenvalue weighted by Crippen LogP contribution is 2.53. The minimum absolute atomic E-state index is 0.562. The highest BCUT2D eigenvalue weighted by molar-refractivity contribution is 5.95. The second kappa shape index (κ2) is 11.9. The van der Waals surface area contributed by atoms with Gasteiger partial charge in [-0.15, -0.1) is 0 Å². The molecule has 2 heterocycles. The molecule has 0 fully saturated rings. The molecule has 0 bridgehead atoms. The van der Waals surface area contributed by atoms with Gasteiger partial charge in [0.15, 0.2) is 17.5 Å². The molecule has 5 heteroatoms. The van der Waals surface area contributed by atoms with Crippen molar-refractivity contribution in [2.24, 2.45) is 0 Å². The summed E-state index contributed by atoms with van der Waals surface area (Å²) in [6, 6.07) is 28.4. The van der Waals surface area contributed by atoms with Gasteiger partial charge < -0.3 is 4.90 Å². The number of benzene rings is 5. The topological polar surface area (TPSA) is 65.7 Å². The Kier molecular flexibility index (Phi) is 7.68. The van der Waals surface area contributed by atoms with E-state index in [4.69, 9.17) is 15.0 Å². The van der Waals surface area contributed by atoms with E-state index in [-0.39, 0.29) is 0 Å². The maximum atomic E-state index is 10.2. The third-order valence-electron chi connectivity index (χ3n) is 10.7. The van der Waals surface area contributed by atoms with Gasteiger partial charge in [-0.25, -0.2) is 15.0 Å². The standard InChI is InChI=1S/C43H39N5/c1-24-26(3)30(7)39-36(28(24)5)22-37-29(6)25(2)27(4)31(8)40(37)48(39)38-21-32(23-44)19-20-35(38)43-46-41(33-15-11-9-12-16-33)45-42(47-43)34-17-13-10-14-18-34/h9-21H,22H2,1-8H3. The van der Waals surface area contributed by atoms with Crippen LogP contribution in [0.15, 0.2) is 78.9 Å². The first-order valence-electron chi connectivity index (χ1n) is 16.5. The average molecular weight is 626 g/mol. The summed E-state index contributed by atoms with van der Waals surface area (Å²) in [4.78, 5) is 17.6. The van der Waals surface area contributed by atoms with Crippen molar-refractivity contribution in [2.45, 2.75) is 61.8 Å². The fraction of sp³-hybridized carbons (Fsp3) is 0.209. The first-order valence-corrected chi connectivity index (χ1v) is 16.5. The van der Waals surface area contributed by atoms with E-state index in [1.807, 2.05) is 78.9 Å². The lowest BCUT2D eigenvalue weighted by Gasteiger charge is -2.40. The van der Waals surface area contributed by atoms with E-state index in [9.17, 15) is 5.26 Å². The summed E-state index contributed by atoms with van der Waals surface area (Å²) < 4.78 is 0. The van der Waals surface area contributed by atoms with Gasteiger partial charge in [-0.1, -0.05) is 60.7 Å². The second-order valence-corrected chi connectivity index (χ2v) is 13.0. The highest BCUT2D eigenvalue weighted by atomic mass is 15.2. The molecule has 48 heavy (non-hydrogen) atoms. The molecule has 0 N–H and O–H groups in total. The molecular weight excluding hydrogens is 587 g/mol. The monoisotopic (exact) mass is 625 g/mol. The van der Waals surface area contributed by atoms with Gasteiger partial charge in [0.1, 0.15) is 0 Å². The van der Waals surface area contributed by atoms with Gasteiger partial charge in [0.05, 0.1) is 28.7 Å². The van der Waals surface area contributed by atoms with Crippen LogP contribution in [0.25, 0.3) is 34.2 Å². The zero-order valence-electron chi connectivity index (χ0n) is 28.9. The van der Waals surface area contributed by atoms with Crippen molar-refractivity contribution < 1.29 is 0 Å². The fourth-order valence-electron chi connectivity index (χ4n) is 7.21. The zero-order chi connectivity index (χ0) is 33.9. The third kappa shape index (κ3) is 4.88. The lowest BCUT2D eigenvalue weighted by atomic mass is 9.80. The Morgan fingerprint density at radius 3 is 1.42 bits per heavy atom. The Balaban J connectivity index is 1.60. The second-order valence-electron chi connectivity index (χ2n) is 13.0. The molecule has 0 unspecified atom stereocenters.